The summed E-state index contributed by atoms with van der Waals surface area (Å²) in [7, 11) is 0. The molecule has 0 aromatic carbocycles. The van der Waals surface area contributed by atoms with E-state index >= 15 is 0 Å². The molecule has 0 spiro atoms. The Balaban J connectivity index is 2.22. The van der Waals surface area contributed by atoms with Gasteiger partial charge in [-0.3, -0.25) is 0 Å². The van der Waals surface area contributed by atoms with Crippen LogP contribution >= 0.6 is 0 Å². The first kappa shape index (κ1) is 11.3. The molecule has 17 heavy (non-hydrogen) atoms. The van der Waals surface area contributed by atoms with Gasteiger partial charge in [-0.2, -0.15) is 5.10 Å². The number of hydrogen-bond acceptors (Lipinski definition) is 2. The molecule has 0 saturated heterocycles. The van der Waals surface area contributed by atoms with Crippen molar-refractivity contribution in [3.8, 4) is 5.82 Å². The number of pyridine rings is 1. The van der Waals surface area contributed by atoms with Crippen molar-refractivity contribution < 1.29 is 0 Å². The van der Waals surface area contributed by atoms with Crippen LogP contribution < -0.4 is 0 Å². The summed E-state index contributed by atoms with van der Waals surface area (Å²) >= 11 is 0. The van der Waals surface area contributed by atoms with Gasteiger partial charge in [0.15, 0.2) is 5.82 Å². The van der Waals surface area contributed by atoms with E-state index in [-0.39, 0.29) is 0 Å². The molecule has 2 heterocycles. The molecular weight excluding hydrogens is 210 g/mol. The van der Waals surface area contributed by atoms with Gasteiger partial charge in [0.25, 0.3) is 0 Å². The summed E-state index contributed by atoms with van der Waals surface area (Å²) < 4.78 is 1.74. The van der Waals surface area contributed by atoms with Gasteiger partial charge in [-0.05, 0) is 25.0 Å². The minimum absolute atomic E-state index is 0.809. The maximum atomic E-state index is 4.37. The number of aromatic nitrogens is 3. The third-order valence-electron chi connectivity index (χ3n) is 2.39. The average molecular weight is 225 g/mol. The van der Waals surface area contributed by atoms with Gasteiger partial charge >= 0.3 is 0 Å². The van der Waals surface area contributed by atoms with Crippen molar-refractivity contribution in [3.63, 3.8) is 0 Å². The van der Waals surface area contributed by atoms with Crippen LogP contribution in [-0.2, 0) is 6.42 Å². The number of nitrogens with zero attached hydrogens (tertiary/aromatic N) is 3. The van der Waals surface area contributed by atoms with Gasteiger partial charge in [-0.25, -0.2) is 9.67 Å². The highest BCUT2D eigenvalue weighted by Crippen LogP contribution is 2.09. The van der Waals surface area contributed by atoms with Gasteiger partial charge in [0.1, 0.15) is 0 Å². The summed E-state index contributed by atoms with van der Waals surface area (Å²) in [6.07, 6.45) is 8.15. The van der Waals surface area contributed by atoms with Crippen LogP contribution in [0.1, 0.15) is 18.1 Å². The molecule has 0 saturated carbocycles. The predicted molar refractivity (Wildman–Crippen MR) is 70.0 cm³/mol. The summed E-state index contributed by atoms with van der Waals surface area (Å²) in [4.78, 5) is 4.37. The normalized spacial score (nSPS) is 10.2. The van der Waals surface area contributed by atoms with Gasteiger partial charge < -0.3 is 0 Å². The second-order valence-electron chi connectivity index (χ2n) is 4.08. The number of allylic oxidation sites excluding steroid dienone is 1. The third kappa shape index (κ3) is 2.69. The smallest absolute Gasteiger partial charge is 0.153 e. The molecule has 0 atom stereocenters. The molecule has 0 unspecified atom stereocenters. The zero-order chi connectivity index (χ0) is 12.3. The van der Waals surface area contributed by atoms with E-state index in [1.807, 2.05) is 31.5 Å². The lowest BCUT2D eigenvalue weighted by atomic mass is 10.1. The highest BCUT2D eigenvalue weighted by Gasteiger charge is 2.00. The summed E-state index contributed by atoms with van der Waals surface area (Å²) in [5.41, 5.74) is 3.28. The van der Waals surface area contributed by atoms with E-state index in [9.17, 15) is 0 Å². The van der Waals surface area contributed by atoms with E-state index in [0.29, 0.717) is 0 Å². The summed E-state index contributed by atoms with van der Waals surface area (Å²) in [5, 5.41) is 4.21. The second-order valence-corrected chi connectivity index (χ2v) is 4.08. The summed E-state index contributed by atoms with van der Waals surface area (Å²) in [6, 6.07) is 4.00. The molecule has 0 amide bonds. The van der Waals surface area contributed by atoms with Crippen molar-refractivity contribution >= 4 is 6.08 Å². The van der Waals surface area contributed by atoms with E-state index in [4.69, 9.17) is 0 Å². The van der Waals surface area contributed by atoms with Crippen LogP contribution in [0.25, 0.3) is 11.9 Å². The fourth-order valence-corrected chi connectivity index (χ4v) is 1.57. The maximum Gasteiger partial charge on any atom is 0.153 e. The summed E-state index contributed by atoms with van der Waals surface area (Å²) in [6.45, 7) is 9.60. The number of hydrogen-bond donors (Lipinski definition) is 0. The van der Waals surface area contributed by atoms with Crippen molar-refractivity contribution in [2.45, 2.75) is 13.3 Å². The van der Waals surface area contributed by atoms with E-state index in [0.717, 1.165) is 28.9 Å². The van der Waals surface area contributed by atoms with Crippen LogP contribution in [0.2, 0.25) is 0 Å². The topological polar surface area (TPSA) is 30.7 Å². The van der Waals surface area contributed by atoms with Crippen LogP contribution in [0.3, 0.4) is 0 Å². The fraction of sp³-hybridized carbons (Fsp3) is 0.143. The Kier molecular flexibility index (Phi) is 3.19. The zero-order valence-electron chi connectivity index (χ0n) is 9.93. The minimum atomic E-state index is 0.809. The lowest BCUT2D eigenvalue weighted by Gasteiger charge is -2.03. The Bertz CT molecular complexity index is 535. The average Bonchev–Trinajstić information content (AvgIpc) is 2.78. The molecular formula is C14H15N3. The van der Waals surface area contributed by atoms with E-state index in [1.165, 1.54) is 0 Å². The Morgan fingerprint density at radius 1 is 1.41 bits per heavy atom. The molecule has 2 rings (SSSR count). The standard InChI is InChI=1S/C14H15N3/c1-4-12-9-16-17(10-12)14-6-5-13(8-15-14)7-11(2)3/h4-6,8-10H,1-2,7H2,3H3. The van der Waals surface area contributed by atoms with Crippen LogP contribution in [0.5, 0.6) is 0 Å². The van der Waals surface area contributed by atoms with Gasteiger partial charge in [-0.15, -0.1) is 0 Å². The van der Waals surface area contributed by atoms with E-state index in [2.05, 4.69) is 23.2 Å². The second kappa shape index (κ2) is 4.78. The van der Waals surface area contributed by atoms with Crippen molar-refractivity contribution in [1.29, 1.82) is 0 Å². The monoisotopic (exact) mass is 225 g/mol. The molecule has 3 nitrogen and oxygen atoms in total. The van der Waals surface area contributed by atoms with Crippen LogP contribution in [0.15, 0.2) is 49.5 Å². The van der Waals surface area contributed by atoms with Gasteiger partial charge in [-0.1, -0.05) is 30.9 Å². The van der Waals surface area contributed by atoms with Crippen LogP contribution in [-0.4, -0.2) is 14.8 Å². The first-order chi connectivity index (χ1) is 8.19. The zero-order valence-corrected chi connectivity index (χ0v) is 9.93. The SMILES string of the molecule is C=Cc1cnn(-c2ccc(CC(=C)C)cn2)c1. The molecule has 86 valence electrons. The highest BCUT2D eigenvalue weighted by atomic mass is 15.3. The molecule has 0 aliphatic rings. The van der Waals surface area contributed by atoms with E-state index in [1.54, 1.807) is 17.0 Å². The molecule has 2 aromatic heterocycles. The molecule has 0 fully saturated rings. The first-order valence-electron chi connectivity index (χ1n) is 5.46. The fourth-order valence-electron chi connectivity index (χ4n) is 1.57. The van der Waals surface area contributed by atoms with Crippen molar-refractivity contribution in [1.82, 2.24) is 14.8 Å². The molecule has 0 aliphatic carbocycles. The first-order valence-corrected chi connectivity index (χ1v) is 5.46. The van der Waals surface area contributed by atoms with Crippen molar-refractivity contribution in [2.24, 2.45) is 0 Å². The Morgan fingerprint density at radius 3 is 2.76 bits per heavy atom. The molecule has 0 N–H and O–H groups in total. The lowest BCUT2D eigenvalue weighted by Crippen LogP contribution is -1.98. The quantitative estimate of drug-likeness (QED) is 0.749. The Morgan fingerprint density at radius 2 is 2.24 bits per heavy atom. The molecule has 3 heteroatoms. The number of rotatable bonds is 4. The Labute approximate surface area is 101 Å². The maximum absolute atomic E-state index is 4.37. The summed E-state index contributed by atoms with van der Waals surface area (Å²) in [5.74, 6) is 0.809. The molecule has 0 radical (unpaired) electrons. The van der Waals surface area contributed by atoms with Crippen LogP contribution in [0.4, 0.5) is 0 Å². The van der Waals surface area contributed by atoms with Gasteiger partial charge in [0.05, 0.1) is 6.20 Å². The lowest BCUT2D eigenvalue weighted by molar-refractivity contribution is 0.844. The molecule has 0 aliphatic heterocycles. The Hall–Kier alpha value is -2.16. The highest BCUT2D eigenvalue weighted by molar-refractivity contribution is 5.44. The van der Waals surface area contributed by atoms with Crippen molar-refractivity contribution in [3.05, 3.63) is 60.6 Å². The minimum Gasteiger partial charge on any atom is -0.237 e. The predicted octanol–water partition coefficient (Wildman–Crippen LogP) is 3.03. The molecule has 0 bridgehead atoms. The van der Waals surface area contributed by atoms with Crippen LogP contribution in [0, 0.1) is 0 Å². The van der Waals surface area contributed by atoms with Crippen molar-refractivity contribution in [2.75, 3.05) is 0 Å². The van der Waals surface area contributed by atoms with E-state index < -0.39 is 0 Å². The third-order valence-corrected chi connectivity index (χ3v) is 2.39. The van der Waals surface area contributed by atoms with Gasteiger partial charge in [0, 0.05) is 18.0 Å². The molecule has 2 aromatic rings. The van der Waals surface area contributed by atoms with Gasteiger partial charge in [0.2, 0.25) is 0 Å². The largest absolute Gasteiger partial charge is 0.237 e.